The molecular weight excluding hydrogens is 418 g/mol. The minimum Gasteiger partial charge on any atom is -0.493 e. The molecule has 0 bridgehead atoms. The summed E-state index contributed by atoms with van der Waals surface area (Å²) in [6.45, 7) is 2.59. The van der Waals surface area contributed by atoms with Crippen molar-refractivity contribution in [3.05, 3.63) is 72.1 Å². The Morgan fingerprint density at radius 3 is 2.58 bits per heavy atom. The number of nitrogens with zero attached hydrogens (tertiary/aromatic N) is 3. The van der Waals surface area contributed by atoms with Gasteiger partial charge in [-0.05, 0) is 75.1 Å². The number of aromatic nitrogens is 2. The molecule has 0 radical (unpaired) electrons. The Balaban J connectivity index is 1.72. The summed E-state index contributed by atoms with van der Waals surface area (Å²) in [6.07, 6.45) is 6.33. The van der Waals surface area contributed by atoms with Crippen LogP contribution in [0.2, 0.25) is 0 Å². The van der Waals surface area contributed by atoms with Gasteiger partial charge < -0.3 is 19.1 Å². The number of rotatable bonds is 9. The molecule has 3 aromatic rings. The SMILES string of the molecule is CCOC(=O)c1cccc(N(Cc2cccnn2)c2ccc(OC)c(OC3CCCC3)c2)c1. The van der Waals surface area contributed by atoms with Crippen LogP contribution >= 0.6 is 0 Å². The molecule has 0 atom stereocenters. The number of ether oxygens (including phenoxy) is 3. The highest BCUT2D eigenvalue weighted by Crippen LogP contribution is 2.37. The largest absolute Gasteiger partial charge is 0.493 e. The minimum absolute atomic E-state index is 0.203. The van der Waals surface area contributed by atoms with E-state index >= 15 is 0 Å². The molecule has 2 aromatic carbocycles. The molecule has 7 nitrogen and oxygen atoms in total. The molecule has 1 saturated carbocycles. The lowest BCUT2D eigenvalue weighted by atomic mass is 10.1. The summed E-state index contributed by atoms with van der Waals surface area (Å²) in [5, 5.41) is 8.27. The topological polar surface area (TPSA) is 73.8 Å². The molecule has 1 fully saturated rings. The summed E-state index contributed by atoms with van der Waals surface area (Å²) in [6, 6.07) is 17.1. The fraction of sp³-hybridized carbons (Fsp3) is 0.346. The van der Waals surface area contributed by atoms with Gasteiger partial charge in [0.15, 0.2) is 11.5 Å². The Kier molecular flexibility index (Phi) is 7.40. The summed E-state index contributed by atoms with van der Waals surface area (Å²) in [4.78, 5) is 14.4. The van der Waals surface area contributed by atoms with Crippen molar-refractivity contribution in [3.8, 4) is 11.5 Å². The van der Waals surface area contributed by atoms with Crippen molar-refractivity contribution >= 4 is 17.3 Å². The maximum Gasteiger partial charge on any atom is 0.338 e. The lowest BCUT2D eigenvalue weighted by Crippen LogP contribution is -2.19. The molecule has 33 heavy (non-hydrogen) atoms. The third-order valence-electron chi connectivity index (χ3n) is 5.67. The van der Waals surface area contributed by atoms with Crippen LogP contribution < -0.4 is 14.4 Å². The smallest absolute Gasteiger partial charge is 0.338 e. The maximum absolute atomic E-state index is 12.3. The number of methoxy groups -OCH3 is 1. The fourth-order valence-corrected chi connectivity index (χ4v) is 4.04. The van der Waals surface area contributed by atoms with Crippen LogP contribution in [0, 0.1) is 0 Å². The molecule has 1 heterocycles. The van der Waals surface area contributed by atoms with E-state index in [0.29, 0.717) is 30.2 Å². The van der Waals surface area contributed by atoms with Crippen molar-refractivity contribution in [2.45, 2.75) is 45.3 Å². The van der Waals surface area contributed by atoms with E-state index in [2.05, 4.69) is 15.1 Å². The van der Waals surface area contributed by atoms with Gasteiger partial charge in [0.2, 0.25) is 0 Å². The third-order valence-corrected chi connectivity index (χ3v) is 5.67. The summed E-state index contributed by atoms with van der Waals surface area (Å²) >= 11 is 0. The van der Waals surface area contributed by atoms with Crippen molar-refractivity contribution in [3.63, 3.8) is 0 Å². The highest BCUT2D eigenvalue weighted by molar-refractivity contribution is 5.91. The van der Waals surface area contributed by atoms with Crippen LogP contribution in [0.1, 0.15) is 48.7 Å². The average molecular weight is 448 g/mol. The molecule has 0 saturated heterocycles. The predicted octanol–water partition coefficient (Wildman–Crippen LogP) is 5.32. The van der Waals surface area contributed by atoms with Crippen LogP contribution in [0.5, 0.6) is 11.5 Å². The first-order chi connectivity index (χ1) is 16.2. The van der Waals surface area contributed by atoms with Gasteiger partial charge in [-0.3, -0.25) is 0 Å². The Bertz CT molecular complexity index is 1070. The van der Waals surface area contributed by atoms with Crippen molar-refractivity contribution < 1.29 is 19.0 Å². The number of carbonyl (C=O) groups excluding carboxylic acids is 1. The highest BCUT2D eigenvalue weighted by Gasteiger charge is 2.21. The molecule has 7 heteroatoms. The van der Waals surface area contributed by atoms with Crippen molar-refractivity contribution in [1.82, 2.24) is 10.2 Å². The van der Waals surface area contributed by atoms with Crippen molar-refractivity contribution in [2.24, 2.45) is 0 Å². The van der Waals surface area contributed by atoms with Gasteiger partial charge in [0.1, 0.15) is 0 Å². The normalized spacial score (nSPS) is 13.5. The second kappa shape index (κ2) is 10.8. The Morgan fingerprint density at radius 1 is 1.03 bits per heavy atom. The zero-order chi connectivity index (χ0) is 23.0. The van der Waals surface area contributed by atoms with E-state index in [0.717, 1.165) is 29.9 Å². The first-order valence-corrected chi connectivity index (χ1v) is 11.3. The number of carbonyl (C=O) groups is 1. The van der Waals surface area contributed by atoms with Crippen LogP contribution in [-0.2, 0) is 11.3 Å². The Morgan fingerprint density at radius 2 is 1.85 bits per heavy atom. The molecular formula is C26H29N3O4. The van der Waals surface area contributed by atoms with Crippen LogP contribution in [0.25, 0.3) is 0 Å². The van der Waals surface area contributed by atoms with E-state index in [1.807, 2.05) is 48.5 Å². The highest BCUT2D eigenvalue weighted by atomic mass is 16.5. The summed E-state index contributed by atoms with van der Waals surface area (Å²) in [5.41, 5.74) is 3.03. The van der Waals surface area contributed by atoms with Crippen LogP contribution in [0.3, 0.4) is 0 Å². The molecule has 4 rings (SSSR count). The predicted molar refractivity (Wildman–Crippen MR) is 126 cm³/mol. The monoisotopic (exact) mass is 447 g/mol. The van der Waals surface area contributed by atoms with E-state index in [9.17, 15) is 4.79 Å². The molecule has 1 aliphatic carbocycles. The second-order valence-corrected chi connectivity index (χ2v) is 7.93. The third kappa shape index (κ3) is 5.61. The molecule has 0 spiro atoms. The van der Waals surface area contributed by atoms with E-state index in [1.54, 1.807) is 26.3 Å². The van der Waals surface area contributed by atoms with Gasteiger partial charge in [-0.15, -0.1) is 0 Å². The molecule has 0 amide bonds. The van der Waals surface area contributed by atoms with E-state index in [1.165, 1.54) is 12.8 Å². The van der Waals surface area contributed by atoms with Gasteiger partial charge in [0, 0.05) is 23.6 Å². The summed E-state index contributed by atoms with van der Waals surface area (Å²) in [7, 11) is 1.65. The second-order valence-electron chi connectivity index (χ2n) is 7.93. The molecule has 172 valence electrons. The van der Waals surface area contributed by atoms with Crippen molar-refractivity contribution in [1.29, 1.82) is 0 Å². The molecule has 1 aliphatic rings. The number of anilines is 2. The first kappa shape index (κ1) is 22.6. The van der Waals surface area contributed by atoms with E-state index in [4.69, 9.17) is 14.2 Å². The fourth-order valence-electron chi connectivity index (χ4n) is 4.04. The first-order valence-electron chi connectivity index (χ1n) is 11.3. The van der Waals surface area contributed by atoms with Crippen LogP contribution in [0.4, 0.5) is 11.4 Å². The van der Waals surface area contributed by atoms with Gasteiger partial charge in [-0.1, -0.05) is 6.07 Å². The lowest BCUT2D eigenvalue weighted by molar-refractivity contribution is 0.0526. The lowest BCUT2D eigenvalue weighted by Gasteiger charge is -2.26. The van der Waals surface area contributed by atoms with Gasteiger partial charge >= 0.3 is 5.97 Å². The molecule has 0 aliphatic heterocycles. The number of benzene rings is 2. The van der Waals surface area contributed by atoms with Gasteiger partial charge in [0.05, 0.1) is 37.6 Å². The van der Waals surface area contributed by atoms with E-state index in [-0.39, 0.29) is 12.1 Å². The van der Waals surface area contributed by atoms with Gasteiger partial charge in [-0.25, -0.2) is 4.79 Å². The summed E-state index contributed by atoms with van der Waals surface area (Å²) < 4.78 is 17.1. The van der Waals surface area contributed by atoms with Gasteiger partial charge in [0.25, 0.3) is 0 Å². The number of hydrogen-bond acceptors (Lipinski definition) is 7. The average Bonchev–Trinajstić information content (AvgIpc) is 3.36. The van der Waals surface area contributed by atoms with E-state index < -0.39 is 0 Å². The van der Waals surface area contributed by atoms with Crippen LogP contribution in [0.15, 0.2) is 60.8 Å². The molecule has 1 aromatic heterocycles. The quantitative estimate of drug-likeness (QED) is 0.411. The van der Waals surface area contributed by atoms with Gasteiger partial charge in [-0.2, -0.15) is 10.2 Å². The molecule has 0 N–H and O–H groups in total. The zero-order valence-corrected chi connectivity index (χ0v) is 19.1. The Hall–Kier alpha value is -3.61. The molecule has 0 unspecified atom stereocenters. The number of esters is 1. The standard InChI is InChI=1S/C26H29N3O4/c1-3-32-26(30)19-8-6-10-21(16-19)29(18-20-9-7-15-27-28-20)22-13-14-24(31-2)25(17-22)33-23-11-4-5-12-23/h6-10,13-17,23H,3-5,11-12,18H2,1-2H3. The number of hydrogen-bond donors (Lipinski definition) is 0. The maximum atomic E-state index is 12.3. The summed E-state index contributed by atoms with van der Waals surface area (Å²) in [5.74, 6) is 1.07. The Labute approximate surface area is 194 Å². The minimum atomic E-state index is -0.348. The zero-order valence-electron chi connectivity index (χ0n) is 19.1. The van der Waals surface area contributed by atoms with Crippen LogP contribution in [-0.4, -0.2) is 36.0 Å². The van der Waals surface area contributed by atoms with Crippen molar-refractivity contribution in [2.75, 3.05) is 18.6 Å².